The molecule has 0 atom stereocenters. The number of fused-ring (bicyclic) bond motifs is 1. The number of hydrogen-bond acceptors (Lipinski definition) is 3. The van der Waals surface area contributed by atoms with Crippen molar-refractivity contribution in [2.24, 2.45) is 0 Å². The minimum Gasteiger partial charge on any atom is -0.322 e. The van der Waals surface area contributed by atoms with Gasteiger partial charge in [0, 0.05) is 16.5 Å². The molecule has 2 aromatic rings. The molecule has 0 saturated carbocycles. The molecule has 0 saturated heterocycles. The van der Waals surface area contributed by atoms with Crippen molar-refractivity contribution in [2.75, 3.05) is 5.32 Å². The highest BCUT2D eigenvalue weighted by Crippen LogP contribution is 2.28. The Morgan fingerprint density at radius 1 is 1.16 bits per heavy atom. The maximum atomic E-state index is 11.3. The summed E-state index contributed by atoms with van der Waals surface area (Å²) in [5.74, 6) is -0.398. The van der Waals surface area contributed by atoms with Crippen LogP contribution < -0.4 is 5.32 Å². The van der Waals surface area contributed by atoms with Gasteiger partial charge in [-0.25, -0.2) is 0 Å². The summed E-state index contributed by atoms with van der Waals surface area (Å²) < 4.78 is 31.8. The van der Waals surface area contributed by atoms with E-state index in [0.29, 0.717) is 16.5 Å². The van der Waals surface area contributed by atoms with Crippen molar-refractivity contribution in [1.82, 2.24) is 0 Å². The lowest BCUT2D eigenvalue weighted by atomic mass is 10.1. The van der Waals surface area contributed by atoms with E-state index in [0.717, 1.165) is 6.08 Å². The topological polar surface area (TPSA) is 83.5 Å². The predicted octanol–water partition coefficient (Wildman–Crippen LogP) is 2.21. The third-order valence-corrected chi connectivity index (χ3v) is 3.52. The highest BCUT2D eigenvalue weighted by atomic mass is 32.2. The molecule has 98 valence electrons. The molecule has 2 N–H and O–H groups in total. The van der Waals surface area contributed by atoms with Crippen LogP contribution in [0.15, 0.2) is 53.9 Å². The van der Waals surface area contributed by atoms with Crippen molar-refractivity contribution in [2.45, 2.75) is 4.90 Å². The normalized spacial score (nSPS) is 11.2. The van der Waals surface area contributed by atoms with Crippen LogP contribution in [0, 0.1) is 0 Å². The van der Waals surface area contributed by atoms with E-state index in [1.165, 1.54) is 12.1 Å². The van der Waals surface area contributed by atoms with Gasteiger partial charge in [-0.05, 0) is 18.2 Å². The SMILES string of the molecule is C=CC(=O)Nc1cccc2c(S(=O)(=O)O)cccc12. The van der Waals surface area contributed by atoms with E-state index in [2.05, 4.69) is 11.9 Å². The van der Waals surface area contributed by atoms with Crippen molar-refractivity contribution < 1.29 is 17.8 Å². The smallest absolute Gasteiger partial charge is 0.295 e. The van der Waals surface area contributed by atoms with Crippen LogP contribution in [-0.4, -0.2) is 18.9 Å². The standard InChI is InChI=1S/C13H11NO4S/c1-2-13(15)14-11-7-3-6-10-9(11)5-4-8-12(10)19(16,17)18/h2-8H,1H2,(H,14,15)(H,16,17,18). The molecular weight excluding hydrogens is 266 g/mol. The van der Waals surface area contributed by atoms with Gasteiger partial charge in [0.1, 0.15) is 4.90 Å². The lowest BCUT2D eigenvalue weighted by Gasteiger charge is -2.09. The van der Waals surface area contributed by atoms with Crippen molar-refractivity contribution in [3.8, 4) is 0 Å². The minimum atomic E-state index is -4.31. The summed E-state index contributed by atoms with van der Waals surface area (Å²) in [5.41, 5.74) is 0.452. The van der Waals surface area contributed by atoms with Crippen LogP contribution in [0.2, 0.25) is 0 Å². The molecule has 5 nitrogen and oxygen atoms in total. The molecule has 0 aliphatic rings. The van der Waals surface area contributed by atoms with E-state index in [-0.39, 0.29) is 4.90 Å². The zero-order valence-corrected chi connectivity index (χ0v) is 10.6. The largest absolute Gasteiger partial charge is 0.322 e. The summed E-state index contributed by atoms with van der Waals surface area (Å²) in [7, 11) is -4.31. The zero-order chi connectivity index (χ0) is 14.0. The second-order valence-electron chi connectivity index (χ2n) is 3.83. The number of benzene rings is 2. The molecule has 1 amide bonds. The Kier molecular flexibility index (Phi) is 3.37. The molecule has 0 fully saturated rings. The van der Waals surface area contributed by atoms with Gasteiger partial charge in [-0.1, -0.05) is 30.8 Å². The Balaban J connectivity index is 2.71. The van der Waals surface area contributed by atoms with Gasteiger partial charge < -0.3 is 5.32 Å². The van der Waals surface area contributed by atoms with Crippen molar-refractivity contribution in [3.63, 3.8) is 0 Å². The molecule has 0 aliphatic heterocycles. The number of rotatable bonds is 3. The summed E-state index contributed by atoms with van der Waals surface area (Å²) in [6.45, 7) is 3.35. The Labute approximate surface area is 110 Å². The van der Waals surface area contributed by atoms with E-state index in [1.54, 1.807) is 24.3 Å². The number of anilines is 1. The average Bonchev–Trinajstić information content (AvgIpc) is 2.37. The summed E-state index contributed by atoms with van der Waals surface area (Å²) >= 11 is 0. The Morgan fingerprint density at radius 2 is 1.79 bits per heavy atom. The summed E-state index contributed by atoms with van der Waals surface area (Å²) in [5, 5.41) is 3.44. The quantitative estimate of drug-likeness (QED) is 0.665. The first-order valence-electron chi connectivity index (χ1n) is 5.36. The Morgan fingerprint density at radius 3 is 2.42 bits per heavy atom. The summed E-state index contributed by atoms with van der Waals surface area (Å²) in [6, 6.07) is 9.24. The van der Waals surface area contributed by atoms with Gasteiger partial charge in [-0.3, -0.25) is 9.35 Å². The van der Waals surface area contributed by atoms with Gasteiger partial charge in [-0.15, -0.1) is 0 Å². The first-order valence-corrected chi connectivity index (χ1v) is 6.80. The number of carbonyl (C=O) groups excluding carboxylic acids is 1. The highest BCUT2D eigenvalue weighted by Gasteiger charge is 2.14. The highest BCUT2D eigenvalue weighted by molar-refractivity contribution is 7.86. The van der Waals surface area contributed by atoms with Crippen molar-refractivity contribution in [3.05, 3.63) is 49.1 Å². The van der Waals surface area contributed by atoms with Gasteiger partial charge in [0.15, 0.2) is 0 Å². The molecule has 2 aromatic carbocycles. The molecule has 0 aromatic heterocycles. The van der Waals surface area contributed by atoms with Gasteiger partial charge in [-0.2, -0.15) is 8.42 Å². The number of amides is 1. The fourth-order valence-electron chi connectivity index (χ4n) is 1.80. The van der Waals surface area contributed by atoms with E-state index < -0.39 is 16.0 Å². The van der Waals surface area contributed by atoms with Gasteiger partial charge in [0.05, 0.1) is 0 Å². The summed E-state index contributed by atoms with van der Waals surface area (Å²) in [4.78, 5) is 11.1. The molecule has 19 heavy (non-hydrogen) atoms. The number of nitrogens with one attached hydrogen (secondary N) is 1. The first kappa shape index (κ1) is 13.3. The molecule has 6 heteroatoms. The van der Waals surface area contributed by atoms with E-state index in [1.807, 2.05) is 0 Å². The van der Waals surface area contributed by atoms with Crippen molar-refractivity contribution >= 4 is 32.5 Å². The van der Waals surface area contributed by atoms with E-state index in [4.69, 9.17) is 0 Å². The molecule has 0 heterocycles. The fraction of sp³-hybridized carbons (Fsp3) is 0. The van der Waals surface area contributed by atoms with Crippen LogP contribution in [0.5, 0.6) is 0 Å². The Hall–Kier alpha value is -2.18. The van der Waals surface area contributed by atoms with Gasteiger partial charge in [0.25, 0.3) is 10.1 Å². The van der Waals surface area contributed by atoms with Crippen LogP contribution in [0.4, 0.5) is 5.69 Å². The monoisotopic (exact) mass is 277 g/mol. The van der Waals surface area contributed by atoms with Gasteiger partial charge >= 0.3 is 0 Å². The van der Waals surface area contributed by atoms with Crippen LogP contribution in [0.25, 0.3) is 10.8 Å². The molecule has 0 unspecified atom stereocenters. The zero-order valence-electron chi connectivity index (χ0n) is 9.83. The van der Waals surface area contributed by atoms with Crippen LogP contribution in [0.3, 0.4) is 0 Å². The summed E-state index contributed by atoms with van der Waals surface area (Å²) in [6.07, 6.45) is 1.12. The molecule has 2 rings (SSSR count). The number of carbonyl (C=O) groups is 1. The third kappa shape index (κ3) is 2.64. The Bertz CT molecular complexity index is 765. The lowest BCUT2D eigenvalue weighted by molar-refractivity contribution is -0.111. The van der Waals surface area contributed by atoms with Crippen LogP contribution in [-0.2, 0) is 14.9 Å². The first-order chi connectivity index (χ1) is 8.93. The predicted molar refractivity (Wildman–Crippen MR) is 72.6 cm³/mol. The molecule has 0 spiro atoms. The second kappa shape index (κ2) is 4.83. The van der Waals surface area contributed by atoms with Crippen LogP contribution in [0.1, 0.15) is 0 Å². The van der Waals surface area contributed by atoms with Gasteiger partial charge in [0.2, 0.25) is 5.91 Å². The van der Waals surface area contributed by atoms with Crippen LogP contribution >= 0.6 is 0 Å². The minimum absolute atomic E-state index is 0.195. The number of hydrogen-bond donors (Lipinski definition) is 2. The second-order valence-corrected chi connectivity index (χ2v) is 5.22. The van der Waals surface area contributed by atoms with Crippen molar-refractivity contribution in [1.29, 1.82) is 0 Å². The maximum absolute atomic E-state index is 11.3. The molecular formula is C13H11NO4S. The van der Waals surface area contributed by atoms with E-state index in [9.17, 15) is 17.8 Å². The third-order valence-electron chi connectivity index (χ3n) is 2.60. The molecule has 0 bridgehead atoms. The maximum Gasteiger partial charge on any atom is 0.295 e. The fourth-order valence-corrected chi connectivity index (χ4v) is 2.51. The lowest BCUT2D eigenvalue weighted by Crippen LogP contribution is -2.08. The molecule has 0 aliphatic carbocycles. The molecule has 0 radical (unpaired) electrons. The van der Waals surface area contributed by atoms with E-state index >= 15 is 0 Å². The average molecular weight is 277 g/mol.